The highest BCUT2D eigenvalue weighted by molar-refractivity contribution is 9.10. The van der Waals surface area contributed by atoms with Crippen molar-refractivity contribution in [2.24, 2.45) is 5.41 Å². The van der Waals surface area contributed by atoms with E-state index < -0.39 is 26.2 Å². The molecule has 4 N–H and O–H groups in total. The Kier molecular flexibility index (Phi) is 4.92. The first-order chi connectivity index (χ1) is 9.80. The minimum absolute atomic E-state index is 0.000567. The van der Waals surface area contributed by atoms with Crippen molar-refractivity contribution in [1.82, 2.24) is 4.72 Å². The van der Waals surface area contributed by atoms with E-state index in [0.29, 0.717) is 0 Å². The Hall–Kier alpha value is -0.700. The lowest BCUT2D eigenvalue weighted by Gasteiger charge is -2.26. The monoisotopic (exact) mass is 380 g/mol. The number of aliphatic hydroxyl groups excluding tert-OH is 1. The van der Waals surface area contributed by atoms with E-state index in [4.69, 9.17) is 5.73 Å². The Morgan fingerprint density at radius 3 is 2.57 bits per heavy atom. The van der Waals surface area contributed by atoms with E-state index >= 15 is 0 Å². The van der Waals surface area contributed by atoms with Gasteiger partial charge < -0.3 is 10.8 Å². The first-order valence-electron chi connectivity index (χ1n) is 6.65. The van der Waals surface area contributed by atoms with Crippen LogP contribution in [0.25, 0.3) is 0 Å². The molecule has 1 fully saturated rings. The lowest BCUT2D eigenvalue weighted by Crippen LogP contribution is -2.38. The fourth-order valence-corrected chi connectivity index (χ4v) is 4.52. The van der Waals surface area contributed by atoms with Crippen molar-refractivity contribution >= 4 is 31.6 Å². The second-order valence-corrected chi connectivity index (χ2v) is 8.09. The average Bonchev–Trinajstić information content (AvgIpc) is 2.90. The second-order valence-electron chi connectivity index (χ2n) is 5.50. The number of nitrogens with one attached hydrogen (secondary N) is 1. The van der Waals surface area contributed by atoms with E-state index in [0.717, 1.165) is 31.7 Å². The zero-order valence-electron chi connectivity index (χ0n) is 11.4. The van der Waals surface area contributed by atoms with Gasteiger partial charge in [0.1, 0.15) is 4.90 Å². The van der Waals surface area contributed by atoms with Crippen LogP contribution in [0.15, 0.2) is 21.5 Å². The van der Waals surface area contributed by atoms with Crippen molar-refractivity contribution in [1.29, 1.82) is 0 Å². The van der Waals surface area contributed by atoms with Crippen molar-refractivity contribution in [2.75, 3.05) is 18.9 Å². The average molecular weight is 381 g/mol. The summed E-state index contributed by atoms with van der Waals surface area (Å²) in [6, 6.07) is 2.39. The molecule has 0 amide bonds. The summed E-state index contributed by atoms with van der Waals surface area (Å²) in [4.78, 5) is -0.486. The Morgan fingerprint density at radius 1 is 1.38 bits per heavy atom. The molecule has 5 nitrogen and oxygen atoms in total. The molecule has 21 heavy (non-hydrogen) atoms. The van der Waals surface area contributed by atoms with E-state index in [1.165, 1.54) is 6.07 Å². The molecule has 2 rings (SSSR count). The van der Waals surface area contributed by atoms with Crippen LogP contribution in [-0.2, 0) is 10.0 Å². The molecule has 1 saturated carbocycles. The summed E-state index contributed by atoms with van der Waals surface area (Å²) in [6.07, 6.45) is 3.44. The molecule has 8 heteroatoms. The molecule has 0 atom stereocenters. The summed E-state index contributed by atoms with van der Waals surface area (Å²) in [5.74, 6) is -0.874. The van der Waals surface area contributed by atoms with Gasteiger partial charge in [0.05, 0.1) is 4.47 Å². The Bertz CT molecular complexity index is 631. The maximum absolute atomic E-state index is 14.0. The smallest absolute Gasteiger partial charge is 0.243 e. The zero-order valence-corrected chi connectivity index (χ0v) is 13.8. The van der Waals surface area contributed by atoms with Crippen LogP contribution in [0.5, 0.6) is 0 Å². The number of hydrogen-bond donors (Lipinski definition) is 3. The number of anilines is 1. The molecule has 1 aliphatic rings. The molecule has 0 unspecified atom stereocenters. The molecule has 0 radical (unpaired) electrons. The van der Waals surface area contributed by atoms with Crippen molar-refractivity contribution < 1.29 is 17.9 Å². The molecular weight excluding hydrogens is 363 g/mol. The van der Waals surface area contributed by atoms with Gasteiger partial charge in [-0.3, -0.25) is 0 Å². The predicted molar refractivity (Wildman–Crippen MR) is 81.7 cm³/mol. The number of aliphatic hydroxyl groups is 1. The maximum Gasteiger partial charge on any atom is 0.243 e. The summed E-state index contributed by atoms with van der Waals surface area (Å²) in [5, 5.41) is 9.49. The fraction of sp³-hybridized carbons (Fsp3) is 0.538. The Labute approximate surface area is 131 Å². The molecule has 0 bridgehead atoms. The van der Waals surface area contributed by atoms with Gasteiger partial charge in [-0.15, -0.1) is 0 Å². The Balaban J connectivity index is 2.23. The van der Waals surface area contributed by atoms with Crippen molar-refractivity contribution in [3.05, 3.63) is 22.4 Å². The van der Waals surface area contributed by atoms with Crippen molar-refractivity contribution in [2.45, 2.75) is 30.6 Å². The van der Waals surface area contributed by atoms with E-state index in [9.17, 15) is 17.9 Å². The first-order valence-corrected chi connectivity index (χ1v) is 8.92. The lowest BCUT2D eigenvalue weighted by atomic mass is 9.88. The van der Waals surface area contributed by atoms with Crippen LogP contribution in [0.3, 0.4) is 0 Å². The van der Waals surface area contributed by atoms with E-state index in [-0.39, 0.29) is 23.3 Å². The zero-order chi connectivity index (χ0) is 15.7. The van der Waals surface area contributed by atoms with E-state index in [1.54, 1.807) is 0 Å². The van der Waals surface area contributed by atoms with Crippen LogP contribution in [0.1, 0.15) is 25.7 Å². The van der Waals surface area contributed by atoms with Crippen LogP contribution in [0.2, 0.25) is 0 Å². The normalized spacial score (nSPS) is 18.0. The molecule has 1 aromatic rings. The summed E-state index contributed by atoms with van der Waals surface area (Å²) in [7, 11) is -4.02. The van der Waals surface area contributed by atoms with Gasteiger partial charge in [-0.05, 0) is 40.9 Å². The lowest BCUT2D eigenvalue weighted by molar-refractivity contribution is 0.134. The number of rotatable bonds is 5. The predicted octanol–water partition coefficient (Wildman–Crippen LogP) is 2.00. The minimum Gasteiger partial charge on any atom is -0.399 e. The summed E-state index contributed by atoms with van der Waals surface area (Å²) in [5.41, 5.74) is 5.28. The fourth-order valence-electron chi connectivity index (χ4n) is 2.62. The standard InChI is InChI=1S/C13H18BrFN2O3S/c14-10-5-9(16)6-11(12(10)15)21(19,20)17-7-13(8-18)3-1-2-4-13/h5-6,17-18H,1-4,7-8,16H2. The number of sulfonamides is 1. The van der Waals surface area contributed by atoms with Crippen molar-refractivity contribution in [3.63, 3.8) is 0 Å². The van der Waals surface area contributed by atoms with Crippen LogP contribution in [0.4, 0.5) is 10.1 Å². The topological polar surface area (TPSA) is 92.4 Å². The number of halogens is 2. The van der Waals surface area contributed by atoms with Gasteiger partial charge in [0.2, 0.25) is 10.0 Å². The summed E-state index contributed by atoms with van der Waals surface area (Å²) < 4.78 is 40.9. The quantitative estimate of drug-likeness (QED) is 0.681. The SMILES string of the molecule is Nc1cc(Br)c(F)c(S(=O)(=O)NCC2(CO)CCCC2)c1. The third-order valence-corrected chi connectivity index (χ3v) is 5.92. The molecule has 118 valence electrons. The number of nitrogens with two attached hydrogens (primary N) is 1. The van der Waals surface area contributed by atoms with E-state index in [1.807, 2.05) is 0 Å². The third kappa shape index (κ3) is 3.56. The third-order valence-electron chi connectivity index (χ3n) is 3.94. The highest BCUT2D eigenvalue weighted by atomic mass is 79.9. The van der Waals surface area contributed by atoms with Gasteiger partial charge in [-0.1, -0.05) is 12.8 Å². The van der Waals surface area contributed by atoms with Gasteiger partial charge >= 0.3 is 0 Å². The largest absolute Gasteiger partial charge is 0.399 e. The molecule has 1 aliphatic carbocycles. The number of hydrogen-bond acceptors (Lipinski definition) is 4. The highest BCUT2D eigenvalue weighted by Gasteiger charge is 2.35. The van der Waals surface area contributed by atoms with Gasteiger partial charge in [-0.2, -0.15) is 0 Å². The van der Waals surface area contributed by atoms with Crippen LogP contribution < -0.4 is 10.5 Å². The molecule has 0 aromatic heterocycles. The minimum atomic E-state index is -4.02. The van der Waals surface area contributed by atoms with Gasteiger partial charge in [-0.25, -0.2) is 17.5 Å². The van der Waals surface area contributed by atoms with Gasteiger partial charge in [0.15, 0.2) is 5.82 Å². The molecule has 0 spiro atoms. The molecule has 0 saturated heterocycles. The summed E-state index contributed by atoms with van der Waals surface area (Å²) >= 11 is 2.94. The van der Waals surface area contributed by atoms with Gasteiger partial charge in [0.25, 0.3) is 0 Å². The number of benzene rings is 1. The first kappa shape index (κ1) is 16.7. The van der Waals surface area contributed by atoms with Crippen LogP contribution >= 0.6 is 15.9 Å². The number of nitrogen functional groups attached to an aromatic ring is 1. The molecular formula is C13H18BrFN2O3S. The van der Waals surface area contributed by atoms with Gasteiger partial charge in [0, 0.05) is 24.3 Å². The van der Waals surface area contributed by atoms with Crippen LogP contribution in [-0.4, -0.2) is 26.7 Å². The molecule has 0 aliphatic heterocycles. The molecule has 0 heterocycles. The summed E-state index contributed by atoms with van der Waals surface area (Å²) in [6.45, 7) is 0.0102. The second kappa shape index (κ2) is 6.20. The maximum atomic E-state index is 14.0. The highest BCUT2D eigenvalue weighted by Crippen LogP contribution is 2.37. The van der Waals surface area contributed by atoms with E-state index in [2.05, 4.69) is 20.7 Å². The van der Waals surface area contributed by atoms with Crippen LogP contribution in [0, 0.1) is 11.2 Å². The molecule has 1 aromatic carbocycles. The van der Waals surface area contributed by atoms with Crippen molar-refractivity contribution in [3.8, 4) is 0 Å². The Morgan fingerprint density at radius 2 is 2.00 bits per heavy atom.